The highest BCUT2D eigenvalue weighted by molar-refractivity contribution is 6.09. The molecule has 0 fully saturated rings. The number of rotatable bonds is 7. The van der Waals surface area contributed by atoms with Crippen LogP contribution in [0.3, 0.4) is 0 Å². The van der Waals surface area contributed by atoms with Crippen molar-refractivity contribution in [3.05, 3.63) is 194 Å². The number of nitrogens with zero attached hydrogens (tertiary/aromatic N) is 5. The Bertz CT molecular complexity index is 3370. The van der Waals surface area contributed by atoms with Crippen LogP contribution in [0.4, 0.5) is 0 Å². The average Bonchev–Trinajstić information content (AvgIpc) is 3.85. The molecule has 0 saturated carbocycles. The van der Waals surface area contributed by atoms with Gasteiger partial charge in [-0.1, -0.05) is 127 Å². The third kappa shape index (κ3) is 5.32. The SMILES string of the molecule is [2H]c1c([2H])c([2H])c(-c2cccc(-c3c([2H])c([2H])c([2H])c([2H])c3[2H])c2-[n+]2[c-]n(-c3cccc(Oc4ccc5c6ccccc6n(-c6ncccn6)c5c4)c3)c3ccccc32)c([2H])c1[2H]. The molecule has 0 unspecified atom stereocenters. The molecular weight excluding hydrogens is 651 g/mol. The molecule has 0 aliphatic carbocycles. The number of aromatic nitrogens is 5. The average molecular weight is 692 g/mol. The number of fused-ring (bicyclic) bond motifs is 4. The van der Waals surface area contributed by atoms with E-state index in [2.05, 4.69) is 22.4 Å². The molecule has 7 aromatic carbocycles. The maximum Gasteiger partial charge on any atom is 0.269 e. The summed E-state index contributed by atoms with van der Waals surface area (Å²) in [6, 6.07) is 29.9. The van der Waals surface area contributed by atoms with Crippen LogP contribution < -0.4 is 9.30 Å². The van der Waals surface area contributed by atoms with Crippen molar-refractivity contribution in [1.82, 2.24) is 19.1 Å². The van der Waals surface area contributed by atoms with Gasteiger partial charge in [0.05, 0.1) is 47.1 Å². The number of para-hydroxylation sites is 4. The summed E-state index contributed by atoms with van der Waals surface area (Å²) in [6.45, 7) is 0. The molecule has 250 valence electrons. The van der Waals surface area contributed by atoms with E-state index in [0.717, 1.165) is 21.8 Å². The number of hydrogen-bond acceptors (Lipinski definition) is 3. The van der Waals surface area contributed by atoms with Gasteiger partial charge in [0.1, 0.15) is 11.5 Å². The van der Waals surface area contributed by atoms with Gasteiger partial charge in [0.25, 0.3) is 6.33 Å². The van der Waals surface area contributed by atoms with Crippen molar-refractivity contribution in [3.8, 4) is 51.1 Å². The van der Waals surface area contributed by atoms with E-state index >= 15 is 0 Å². The van der Waals surface area contributed by atoms with Gasteiger partial charge >= 0.3 is 0 Å². The highest BCUT2D eigenvalue weighted by Gasteiger charge is 2.20. The quantitative estimate of drug-likeness (QED) is 0.123. The second kappa shape index (κ2) is 12.8. The molecule has 0 aliphatic rings. The van der Waals surface area contributed by atoms with Gasteiger partial charge in [-0.05, 0) is 64.7 Å². The second-order valence-electron chi connectivity index (χ2n) is 12.1. The largest absolute Gasteiger partial charge is 0.458 e. The van der Waals surface area contributed by atoms with E-state index in [1.807, 2.05) is 89.5 Å². The van der Waals surface area contributed by atoms with Crippen molar-refractivity contribution in [3.63, 3.8) is 0 Å². The first kappa shape index (κ1) is 21.8. The zero-order valence-corrected chi connectivity index (χ0v) is 27.8. The van der Waals surface area contributed by atoms with Crippen LogP contribution in [0.5, 0.6) is 11.5 Å². The minimum Gasteiger partial charge on any atom is -0.458 e. The molecule has 0 saturated heterocycles. The Morgan fingerprint density at radius 2 is 1.21 bits per heavy atom. The van der Waals surface area contributed by atoms with Gasteiger partial charge in [0.15, 0.2) is 0 Å². The summed E-state index contributed by atoms with van der Waals surface area (Å²) >= 11 is 0. The van der Waals surface area contributed by atoms with E-state index in [9.17, 15) is 0 Å². The zero-order chi connectivity index (χ0) is 43.8. The fraction of sp³-hybridized carbons (Fsp3) is 0. The summed E-state index contributed by atoms with van der Waals surface area (Å²) in [5.41, 5.74) is 3.87. The summed E-state index contributed by atoms with van der Waals surface area (Å²) in [7, 11) is 0. The number of hydrogen-bond donors (Lipinski definition) is 0. The maximum atomic E-state index is 8.96. The predicted molar refractivity (Wildman–Crippen MR) is 211 cm³/mol. The molecule has 3 heterocycles. The molecule has 0 atom stereocenters. The minimum atomic E-state index is -0.567. The van der Waals surface area contributed by atoms with Crippen LogP contribution in [0, 0.1) is 6.33 Å². The molecule has 0 spiro atoms. The van der Waals surface area contributed by atoms with E-state index in [1.54, 1.807) is 45.8 Å². The van der Waals surface area contributed by atoms with Crippen LogP contribution in [0.1, 0.15) is 13.7 Å². The van der Waals surface area contributed by atoms with E-state index in [4.69, 9.17) is 18.4 Å². The van der Waals surface area contributed by atoms with E-state index in [0.29, 0.717) is 34.2 Å². The molecular formula is C47H31N5O. The standard InChI is InChI=1S/C47H31N5O/c1-3-14-33(15-4-1)38-21-12-22-39(34-16-5-2-6-17-34)46(38)51-32-50(43-24-9-10-25-44(43)51)35-18-11-19-36(30-35)53-37-26-27-41-40-20-7-8-23-42(40)52(45(41)31-37)47-48-28-13-29-49-47/h1-31H/i1D,2D,3D,4D,5D,6D,14D,15D,16D,17D. The normalized spacial score (nSPS) is 14.0. The van der Waals surface area contributed by atoms with E-state index in [-0.39, 0.29) is 27.9 Å². The van der Waals surface area contributed by atoms with Gasteiger partial charge in [-0.2, -0.15) is 0 Å². The molecule has 6 heteroatoms. The summed E-state index contributed by atoms with van der Waals surface area (Å²) in [5, 5.41) is 2.05. The molecule has 0 aliphatic heterocycles. The third-order valence-corrected chi connectivity index (χ3v) is 9.07. The van der Waals surface area contributed by atoms with E-state index < -0.39 is 60.4 Å². The predicted octanol–water partition coefficient (Wildman–Crippen LogP) is 10.7. The summed E-state index contributed by atoms with van der Waals surface area (Å²) in [5.74, 6) is 1.59. The Morgan fingerprint density at radius 3 is 1.96 bits per heavy atom. The molecule has 0 amide bonds. The van der Waals surface area contributed by atoms with Gasteiger partial charge < -0.3 is 4.74 Å². The lowest BCUT2D eigenvalue weighted by atomic mass is 9.95. The van der Waals surface area contributed by atoms with Gasteiger partial charge in [0.2, 0.25) is 5.95 Å². The first-order valence-electron chi connectivity index (χ1n) is 21.8. The Balaban J connectivity index is 1.16. The number of benzene rings is 7. The number of ether oxygens (including phenoxy) is 1. The fourth-order valence-electron chi connectivity index (χ4n) is 6.83. The van der Waals surface area contributed by atoms with Crippen LogP contribution in [-0.2, 0) is 0 Å². The van der Waals surface area contributed by atoms with Crippen LogP contribution in [0.15, 0.2) is 188 Å². The Morgan fingerprint density at radius 1 is 0.566 bits per heavy atom. The minimum absolute atomic E-state index is 0.131. The molecule has 0 bridgehead atoms. The molecule has 10 aromatic rings. The topological polar surface area (TPSA) is 48.8 Å². The lowest BCUT2D eigenvalue weighted by Crippen LogP contribution is -2.31. The van der Waals surface area contributed by atoms with Crippen LogP contribution in [-0.4, -0.2) is 19.1 Å². The summed E-state index contributed by atoms with van der Waals surface area (Å²) in [6.07, 6.45) is 6.81. The van der Waals surface area contributed by atoms with Gasteiger partial charge in [-0.25, -0.2) is 9.97 Å². The lowest BCUT2D eigenvalue weighted by molar-refractivity contribution is -0.571. The first-order chi connectivity index (χ1) is 30.4. The molecule has 0 N–H and O–H groups in total. The fourth-order valence-corrected chi connectivity index (χ4v) is 6.83. The first-order valence-corrected chi connectivity index (χ1v) is 16.8. The highest BCUT2D eigenvalue weighted by Crippen LogP contribution is 2.36. The number of imidazole rings is 1. The van der Waals surface area contributed by atoms with Gasteiger partial charge in [-0.15, -0.1) is 0 Å². The molecule has 6 nitrogen and oxygen atoms in total. The maximum absolute atomic E-state index is 8.96. The van der Waals surface area contributed by atoms with Gasteiger partial charge in [-0.3, -0.25) is 13.7 Å². The van der Waals surface area contributed by atoms with Crippen molar-refractivity contribution in [2.24, 2.45) is 0 Å². The van der Waals surface area contributed by atoms with Crippen molar-refractivity contribution in [2.45, 2.75) is 0 Å². The molecule has 3 aromatic heterocycles. The zero-order valence-electron chi connectivity index (χ0n) is 37.8. The monoisotopic (exact) mass is 691 g/mol. The Labute approximate surface area is 320 Å². The second-order valence-corrected chi connectivity index (χ2v) is 12.1. The smallest absolute Gasteiger partial charge is 0.269 e. The van der Waals surface area contributed by atoms with Gasteiger partial charge in [0, 0.05) is 29.2 Å². The van der Waals surface area contributed by atoms with Crippen molar-refractivity contribution in [2.75, 3.05) is 0 Å². The lowest BCUT2D eigenvalue weighted by Gasteiger charge is -2.17. The Kier molecular flexibility index (Phi) is 5.26. The van der Waals surface area contributed by atoms with Crippen molar-refractivity contribution in [1.29, 1.82) is 0 Å². The van der Waals surface area contributed by atoms with E-state index in [1.165, 1.54) is 0 Å². The van der Waals surface area contributed by atoms with Crippen molar-refractivity contribution >= 4 is 32.8 Å². The molecule has 0 radical (unpaired) electrons. The summed E-state index contributed by atoms with van der Waals surface area (Å²) < 4.78 is 98.4. The highest BCUT2D eigenvalue weighted by atomic mass is 16.5. The van der Waals surface area contributed by atoms with Crippen LogP contribution in [0.25, 0.3) is 72.4 Å². The molecule has 10 rings (SSSR count). The summed E-state index contributed by atoms with van der Waals surface area (Å²) in [4.78, 5) is 9.06. The van der Waals surface area contributed by atoms with Crippen LogP contribution >= 0.6 is 0 Å². The Hall–Kier alpha value is -7.31. The third-order valence-electron chi connectivity index (χ3n) is 9.07. The van der Waals surface area contributed by atoms with Crippen LogP contribution in [0.2, 0.25) is 0 Å². The van der Waals surface area contributed by atoms with Crippen molar-refractivity contribution < 1.29 is 23.0 Å². The molecule has 53 heavy (non-hydrogen) atoms.